The van der Waals surface area contributed by atoms with E-state index in [-0.39, 0.29) is 35.3 Å². The minimum absolute atomic E-state index is 0.00385. The van der Waals surface area contributed by atoms with E-state index in [9.17, 15) is 14.0 Å². The van der Waals surface area contributed by atoms with E-state index >= 15 is 0 Å². The van der Waals surface area contributed by atoms with Gasteiger partial charge in [-0.1, -0.05) is 0 Å². The number of carbonyl (C=O) groups is 3. The van der Waals surface area contributed by atoms with Crippen LogP contribution in [-0.4, -0.2) is 46.4 Å². The van der Waals surface area contributed by atoms with Crippen molar-refractivity contribution in [3.63, 3.8) is 0 Å². The number of nitrogens with zero attached hydrogens (tertiary/aromatic N) is 3. The van der Waals surface area contributed by atoms with Crippen molar-refractivity contribution in [3.05, 3.63) is 59.2 Å². The van der Waals surface area contributed by atoms with Crippen LogP contribution in [0.4, 0.5) is 14.9 Å². The molecule has 2 heterocycles. The normalized spacial score (nSPS) is 13.4. The molecule has 1 aliphatic rings. The van der Waals surface area contributed by atoms with Gasteiger partial charge in [-0.2, -0.15) is 5.26 Å². The number of urea groups is 1. The summed E-state index contributed by atoms with van der Waals surface area (Å²) in [5.74, 6) is -1.28. The summed E-state index contributed by atoms with van der Waals surface area (Å²) >= 11 is 0. The lowest BCUT2D eigenvalue weighted by molar-refractivity contribution is -0.122. The van der Waals surface area contributed by atoms with Gasteiger partial charge in [0.05, 0.1) is 17.2 Å². The van der Waals surface area contributed by atoms with Crippen LogP contribution >= 0.6 is 0 Å². The molecule has 0 bridgehead atoms. The molecule has 3 rings (SSSR count). The van der Waals surface area contributed by atoms with Gasteiger partial charge >= 0.3 is 6.03 Å². The molecule has 1 aliphatic heterocycles. The maximum atomic E-state index is 14.1. The largest absolute Gasteiger partial charge is 0.483 e. The highest BCUT2D eigenvalue weighted by molar-refractivity contribution is 5.98. The van der Waals surface area contributed by atoms with Crippen molar-refractivity contribution >= 4 is 24.0 Å². The summed E-state index contributed by atoms with van der Waals surface area (Å²) in [7, 11) is 0. The van der Waals surface area contributed by atoms with Crippen molar-refractivity contribution in [1.29, 1.82) is 5.26 Å². The van der Waals surface area contributed by atoms with Gasteiger partial charge in [0.15, 0.2) is 5.78 Å². The molecule has 1 aromatic carbocycles. The molecular weight excluding hydrogens is 391 g/mol. The second-order valence-corrected chi connectivity index (χ2v) is 6.65. The number of hydrogen-bond acceptors (Lipinski definition) is 5. The third kappa shape index (κ3) is 5.85. The Bertz CT molecular complexity index is 966. The van der Waals surface area contributed by atoms with Crippen molar-refractivity contribution in [2.45, 2.75) is 19.8 Å². The lowest BCUT2D eigenvalue weighted by atomic mass is 9.88. The zero-order valence-corrected chi connectivity index (χ0v) is 16.3. The first-order valence-corrected chi connectivity index (χ1v) is 9.20. The predicted molar refractivity (Wildman–Crippen MR) is 106 cm³/mol. The summed E-state index contributed by atoms with van der Waals surface area (Å²) < 4.78 is 14.1. The molecule has 156 valence electrons. The number of benzene rings is 1. The number of amides is 2. The van der Waals surface area contributed by atoms with Gasteiger partial charge in [-0.15, -0.1) is 0 Å². The maximum absolute atomic E-state index is 14.1. The third-order valence-electron chi connectivity index (χ3n) is 4.66. The molecule has 2 amide bonds. The van der Waals surface area contributed by atoms with Crippen LogP contribution < -0.4 is 5.32 Å². The Balaban J connectivity index is 0.00000101. The van der Waals surface area contributed by atoms with Gasteiger partial charge in [0.1, 0.15) is 5.82 Å². The Morgan fingerprint density at radius 3 is 2.53 bits per heavy atom. The number of halogens is 1. The third-order valence-corrected chi connectivity index (χ3v) is 4.66. The highest BCUT2D eigenvalue weighted by atomic mass is 19.1. The first-order chi connectivity index (χ1) is 14.4. The number of nitrogens with one attached hydrogen (secondary N) is 1. The summed E-state index contributed by atoms with van der Waals surface area (Å²) in [6.07, 6.45) is 2.57. The molecule has 0 atom stereocenters. The monoisotopic (exact) mass is 412 g/mol. The first-order valence-electron chi connectivity index (χ1n) is 9.20. The van der Waals surface area contributed by atoms with Crippen LogP contribution in [0.15, 0.2) is 36.5 Å². The summed E-state index contributed by atoms with van der Waals surface area (Å²) in [5, 5.41) is 18.5. The van der Waals surface area contributed by atoms with Crippen LogP contribution in [0, 0.1) is 30.0 Å². The van der Waals surface area contributed by atoms with E-state index in [2.05, 4.69) is 10.3 Å². The quantitative estimate of drug-likeness (QED) is 0.589. The SMILES string of the molecule is Cc1cc(NC(=O)N2CCC(C(=O)c3ccc(C#N)cc3F)CC2)ccn1.O=CO. The predicted octanol–water partition coefficient (Wildman–Crippen LogP) is 3.23. The van der Waals surface area contributed by atoms with Gasteiger partial charge in [-0.05, 0) is 50.1 Å². The van der Waals surface area contributed by atoms with Gasteiger partial charge in [0.25, 0.3) is 6.47 Å². The molecule has 0 spiro atoms. The molecule has 1 fully saturated rings. The summed E-state index contributed by atoms with van der Waals surface area (Å²) in [6.45, 7) is 2.43. The van der Waals surface area contributed by atoms with Crippen LogP contribution in [0.1, 0.15) is 34.5 Å². The number of rotatable bonds is 3. The van der Waals surface area contributed by atoms with E-state index in [4.69, 9.17) is 15.2 Å². The van der Waals surface area contributed by atoms with Gasteiger partial charge in [0.2, 0.25) is 0 Å². The molecule has 0 saturated carbocycles. The van der Waals surface area contributed by atoms with E-state index in [1.54, 1.807) is 23.2 Å². The Kier molecular flexibility index (Phi) is 7.99. The van der Waals surface area contributed by atoms with Crippen LogP contribution in [0.5, 0.6) is 0 Å². The molecule has 0 unspecified atom stereocenters. The molecular formula is C21H21FN4O4. The Hall–Kier alpha value is -3.80. The minimum atomic E-state index is -0.674. The van der Waals surface area contributed by atoms with Crippen molar-refractivity contribution in [1.82, 2.24) is 9.88 Å². The Labute approximate surface area is 173 Å². The van der Waals surface area contributed by atoms with Crippen LogP contribution in [-0.2, 0) is 4.79 Å². The Morgan fingerprint density at radius 1 is 1.30 bits per heavy atom. The molecule has 9 heteroatoms. The number of likely N-dealkylation sites (tertiary alicyclic amines) is 1. The van der Waals surface area contributed by atoms with Crippen molar-refractivity contribution < 1.29 is 23.9 Å². The fourth-order valence-electron chi connectivity index (χ4n) is 3.18. The molecule has 2 N–H and O–H groups in total. The van der Waals surface area contributed by atoms with Crippen molar-refractivity contribution in [2.24, 2.45) is 5.92 Å². The molecule has 0 aliphatic carbocycles. The maximum Gasteiger partial charge on any atom is 0.321 e. The fourth-order valence-corrected chi connectivity index (χ4v) is 3.18. The number of aryl methyl sites for hydroxylation is 1. The summed E-state index contributed by atoms with van der Waals surface area (Å²) in [6, 6.07) is 9.00. The summed E-state index contributed by atoms with van der Waals surface area (Å²) in [5.41, 5.74) is 1.66. The highest BCUT2D eigenvalue weighted by Crippen LogP contribution is 2.24. The smallest absolute Gasteiger partial charge is 0.321 e. The van der Waals surface area contributed by atoms with Gasteiger partial charge in [-0.25, -0.2) is 9.18 Å². The number of hydrogen-bond donors (Lipinski definition) is 2. The number of nitriles is 1. The number of Topliss-reactive ketones (excluding diaryl/α,β-unsaturated/α-hetero) is 1. The molecule has 1 aromatic heterocycles. The van der Waals surface area contributed by atoms with Gasteiger partial charge < -0.3 is 15.3 Å². The van der Waals surface area contributed by atoms with Crippen molar-refractivity contribution in [2.75, 3.05) is 18.4 Å². The average Bonchev–Trinajstić information content (AvgIpc) is 2.74. The fraction of sp³-hybridized carbons (Fsp3) is 0.286. The Morgan fingerprint density at radius 2 is 1.97 bits per heavy atom. The summed E-state index contributed by atoms with van der Waals surface area (Å²) in [4.78, 5) is 39.0. The van der Waals surface area contributed by atoms with Crippen LogP contribution in [0.2, 0.25) is 0 Å². The molecule has 30 heavy (non-hydrogen) atoms. The number of aromatic nitrogens is 1. The highest BCUT2D eigenvalue weighted by Gasteiger charge is 2.29. The van der Waals surface area contributed by atoms with E-state index in [1.807, 2.05) is 13.0 Å². The number of anilines is 1. The lowest BCUT2D eigenvalue weighted by Gasteiger charge is -2.31. The van der Waals surface area contributed by atoms with E-state index < -0.39 is 5.82 Å². The number of ketones is 1. The standard InChI is InChI=1S/C20H19FN4O2.CH2O2/c1-13-10-16(4-7-23-13)24-20(27)25-8-5-15(6-9-25)19(26)17-3-2-14(12-22)11-18(17)21;2-1-3/h2-4,7,10-11,15H,5-6,8-9H2,1H3,(H,23,24,27);1H,(H,2,3). The topological polar surface area (TPSA) is 123 Å². The number of carbonyl (C=O) groups excluding carboxylic acids is 2. The number of carboxylic acid groups (broad SMARTS) is 1. The van der Waals surface area contributed by atoms with E-state index in [0.717, 1.165) is 11.8 Å². The van der Waals surface area contributed by atoms with E-state index in [1.165, 1.54) is 12.1 Å². The second-order valence-electron chi connectivity index (χ2n) is 6.65. The van der Waals surface area contributed by atoms with Gasteiger partial charge in [0, 0.05) is 36.6 Å². The molecule has 8 nitrogen and oxygen atoms in total. The number of pyridine rings is 1. The zero-order chi connectivity index (χ0) is 22.1. The zero-order valence-electron chi connectivity index (χ0n) is 16.3. The van der Waals surface area contributed by atoms with Crippen LogP contribution in [0.25, 0.3) is 0 Å². The number of piperidine rings is 1. The van der Waals surface area contributed by atoms with Crippen molar-refractivity contribution in [3.8, 4) is 6.07 Å². The molecule has 1 saturated heterocycles. The first kappa shape index (κ1) is 22.5. The average molecular weight is 412 g/mol. The van der Waals surface area contributed by atoms with Crippen LogP contribution in [0.3, 0.4) is 0 Å². The molecule has 0 radical (unpaired) electrons. The molecule has 2 aromatic rings. The van der Waals surface area contributed by atoms with E-state index in [0.29, 0.717) is 31.6 Å². The minimum Gasteiger partial charge on any atom is -0.483 e. The van der Waals surface area contributed by atoms with Gasteiger partial charge in [-0.3, -0.25) is 14.6 Å². The second kappa shape index (κ2) is 10.7. The lowest BCUT2D eigenvalue weighted by Crippen LogP contribution is -2.42.